The van der Waals surface area contributed by atoms with Gasteiger partial charge in [0.1, 0.15) is 0 Å². The fourth-order valence-corrected chi connectivity index (χ4v) is 3.01. The number of rotatable bonds is 2. The molecular weight excluding hydrogens is 202 g/mol. The van der Waals surface area contributed by atoms with Crippen molar-refractivity contribution in [1.82, 2.24) is 0 Å². The molecule has 0 amide bonds. The normalized spacial score (nSPS) is 22.0. The van der Waals surface area contributed by atoms with Gasteiger partial charge in [-0.2, -0.15) is 0 Å². The van der Waals surface area contributed by atoms with Crippen LogP contribution in [0.25, 0.3) is 0 Å². The van der Waals surface area contributed by atoms with Crippen molar-refractivity contribution in [3.05, 3.63) is 29.3 Å². The molecular formula is C13H15NO2. The molecule has 1 aromatic rings. The fraction of sp³-hybridized carbons (Fsp3) is 0.462. The van der Waals surface area contributed by atoms with Crippen molar-refractivity contribution in [3.63, 3.8) is 0 Å². The van der Waals surface area contributed by atoms with Gasteiger partial charge in [-0.05, 0) is 29.9 Å². The molecule has 2 aliphatic heterocycles. The number of aliphatic carboxylic acids is 1. The predicted octanol–water partition coefficient (Wildman–Crippen LogP) is 2.01. The van der Waals surface area contributed by atoms with E-state index in [1.54, 1.807) is 0 Å². The average molecular weight is 217 g/mol. The maximum absolute atomic E-state index is 10.8. The van der Waals surface area contributed by atoms with Gasteiger partial charge >= 0.3 is 5.97 Å². The number of hydrogen-bond donors (Lipinski definition) is 1. The maximum Gasteiger partial charge on any atom is 0.303 e. The highest BCUT2D eigenvalue weighted by Gasteiger charge is 2.31. The van der Waals surface area contributed by atoms with E-state index in [1.807, 2.05) is 0 Å². The summed E-state index contributed by atoms with van der Waals surface area (Å²) in [4.78, 5) is 13.3. The topological polar surface area (TPSA) is 40.5 Å². The van der Waals surface area contributed by atoms with Gasteiger partial charge in [-0.3, -0.25) is 4.79 Å². The molecule has 1 N–H and O–H groups in total. The van der Waals surface area contributed by atoms with Gasteiger partial charge in [0.2, 0.25) is 0 Å². The van der Waals surface area contributed by atoms with E-state index in [0.29, 0.717) is 0 Å². The first-order chi connectivity index (χ1) is 7.75. The summed E-state index contributed by atoms with van der Waals surface area (Å²) < 4.78 is 0. The second-order valence-corrected chi connectivity index (χ2v) is 4.68. The van der Waals surface area contributed by atoms with E-state index in [4.69, 9.17) is 5.11 Å². The van der Waals surface area contributed by atoms with E-state index in [2.05, 4.69) is 23.1 Å². The van der Waals surface area contributed by atoms with Crippen LogP contribution in [-0.2, 0) is 11.2 Å². The van der Waals surface area contributed by atoms with Crippen LogP contribution >= 0.6 is 0 Å². The van der Waals surface area contributed by atoms with Gasteiger partial charge in [-0.25, -0.2) is 0 Å². The highest BCUT2D eigenvalue weighted by Crippen LogP contribution is 2.42. The highest BCUT2D eigenvalue weighted by atomic mass is 16.4. The number of benzene rings is 1. The molecule has 0 aromatic heterocycles. The number of carboxylic acid groups (broad SMARTS) is 1. The Bertz CT molecular complexity index is 442. The van der Waals surface area contributed by atoms with Crippen molar-refractivity contribution in [2.45, 2.75) is 25.2 Å². The number of carboxylic acids is 1. The SMILES string of the molecule is O=C(O)CC1CCN2CCc3cccc1c32. The van der Waals surface area contributed by atoms with Crippen LogP contribution in [0.5, 0.6) is 0 Å². The molecule has 16 heavy (non-hydrogen) atoms. The van der Waals surface area contributed by atoms with E-state index in [9.17, 15) is 4.79 Å². The van der Waals surface area contributed by atoms with Gasteiger partial charge < -0.3 is 10.0 Å². The van der Waals surface area contributed by atoms with Crippen LogP contribution in [0.4, 0.5) is 5.69 Å². The molecule has 0 saturated heterocycles. The van der Waals surface area contributed by atoms with Crippen LogP contribution in [-0.4, -0.2) is 24.2 Å². The summed E-state index contributed by atoms with van der Waals surface area (Å²) in [5.41, 5.74) is 3.98. The third-order valence-corrected chi connectivity index (χ3v) is 3.73. The molecule has 3 nitrogen and oxygen atoms in total. The van der Waals surface area contributed by atoms with Gasteiger partial charge in [-0.1, -0.05) is 18.2 Å². The molecule has 1 unspecified atom stereocenters. The average Bonchev–Trinajstić information content (AvgIpc) is 2.67. The summed E-state index contributed by atoms with van der Waals surface area (Å²) >= 11 is 0. The lowest BCUT2D eigenvalue weighted by Crippen LogP contribution is -2.29. The lowest BCUT2D eigenvalue weighted by atomic mass is 9.87. The summed E-state index contributed by atoms with van der Waals surface area (Å²) in [5, 5.41) is 8.93. The minimum absolute atomic E-state index is 0.210. The Kier molecular flexibility index (Phi) is 2.13. The first kappa shape index (κ1) is 9.70. The van der Waals surface area contributed by atoms with E-state index < -0.39 is 5.97 Å². The Labute approximate surface area is 94.7 Å². The van der Waals surface area contributed by atoms with Crippen molar-refractivity contribution in [2.24, 2.45) is 0 Å². The van der Waals surface area contributed by atoms with E-state index in [0.717, 1.165) is 25.9 Å². The minimum Gasteiger partial charge on any atom is -0.481 e. The monoisotopic (exact) mass is 217 g/mol. The van der Waals surface area contributed by atoms with Crippen molar-refractivity contribution >= 4 is 11.7 Å². The molecule has 3 rings (SSSR count). The summed E-state index contributed by atoms with van der Waals surface area (Å²) in [7, 11) is 0. The van der Waals surface area contributed by atoms with Crippen LogP contribution in [0.3, 0.4) is 0 Å². The first-order valence-corrected chi connectivity index (χ1v) is 5.84. The quantitative estimate of drug-likeness (QED) is 0.823. The largest absolute Gasteiger partial charge is 0.481 e. The molecule has 84 valence electrons. The fourth-order valence-electron chi connectivity index (χ4n) is 3.01. The zero-order chi connectivity index (χ0) is 11.1. The van der Waals surface area contributed by atoms with E-state index in [-0.39, 0.29) is 12.3 Å². The molecule has 0 bridgehead atoms. The van der Waals surface area contributed by atoms with Crippen molar-refractivity contribution < 1.29 is 9.90 Å². The Morgan fingerprint density at radius 2 is 2.31 bits per heavy atom. The van der Waals surface area contributed by atoms with Gasteiger partial charge in [-0.15, -0.1) is 0 Å². The Hall–Kier alpha value is -1.51. The predicted molar refractivity (Wildman–Crippen MR) is 62.0 cm³/mol. The molecule has 1 aromatic carbocycles. The summed E-state index contributed by atoms with van der Waals surface area (Å²) in [6, 6.07) is 6.34. The Morgan fingerprint density at radius 1 is 1.44 bits per heavy atom. The summed E-state index contributed by atoms with van der Waals surface area (Å²) in [6.45, 7) is 2.12. The molecule has 0 radical (unpaired) electrons. The van der Waals surface area contributed by atoms with Gasteiger partial charge in [0.05, 0.1) is 6.42 Å². The second-order valence-electron chi connectivity index (χ2n) is 4.68. The molecule has 3 heteroatoms. The van der Waals surface area contributed by atoms with Crippen molar-refractivity contribution in [1.29, 1.82) is 0 Å². The van der Waals surface area contributed by atoms with Gasteiger partial charge in [0, 0.05) is 18.8 Å². The molecule has 1 atom stereocenters. The number of anilines is 1. The van der Waals surface area contributed by atoms with E-state index >= 15 is 0 Å². The molecule has 0 saturated carbocycles. The summed E-state index contributed by atoms with van der Waals surface area (Å²) in [6.07, 6.45) is 2.36. The summed E-state index contributed by atoms with van der Waals surface area (Å²) in [5.74, 6) is -0.476. The molecule has 2 aliphatic rings. The molecule has 2 heterocycles. The maximum atomic E-state index is 10.8. The number of carbonyl (C=O) groups is 1. The minimum atomic E-state index is -0.686. The molecule has 0 aliphatic carbocycles. The van der Waals surface area contributed by atoms with E-state index in [1.165, 1.54) is 16.8 Å². The first-order valence-electron chi connectivity index (χ1n) is 5.84. The second kappa shape index (κ2) is 3.51. The lowest BCUT2D eigenvalue weighted by Gasteiger charge is -2.32. The zero-order valence-corrected chi connectivity index (χ0v) is 9.15. The molecule has 0 fully saturated rings. The Morgan fingerprint density at radius 3 is 3.12 bits per heavy atom. The van der Waals surface area contributed by atoms with Crippen molar-refractivity contribution in [3.8, 4) is 0 Å². The lowest BCUT2D eigenvalue weighted by molar-refractivity contribution is -0.137. The number of hydrogen-bond acceptors (Lipinski definition) is 2. The highest BCUT2D eigenvalue weighted by molar-refractivity contribution is 5.71. The number of nitrogens with zero attached hydrogens (tertiary/aromatic N) is 1. The van der Waals surface area contributed by atoms with Gasteiger partial charge in [0.25, 0.3) is 0 Å². The molecule has 0 spiro atoms. The van der Waals surface area contributed by atoms with Crippen LogP contribution in [0.15, 0.2) is 18.2 Å². The van der Waals surface area contributed by atoms with Crippen molar-refractivity contribution in [2.75, 3.05) is 18.0 Å². The standard InChI is InChI=1S/C13H15NO2/c15-12(16)8-10-5-7-14-6-4-9-2-1-3-11(10)13(9)14/h1-3,10H,4-8H2,(H,15,16). The van der Waals surface area contributed by atoms with Crippen LogP contribution in [0.1, 0.15) is 29.9 Å². The van der Waals surface area contributed by atoms with Crippen LogP contribution in [0, 0.1) is 0 Å². The number of para-hydroxylation sites is 1. The third kappa shape index (κ3) is 1.39. The zero-order valence-electron chi connectivity index (χ0n) is 9.15. The van der Waals surface area contributed by atoms with Gasteiger partial charge in [0.15, 0.2) is 0 Å². The van der Waals surface area contributed by atoms with Crippen LogP contribution in [0.2, 0.25) is 0 Å². The smallest absolute Gasteiger partial charge is 0.303 e. The van der Waals surface area contributed by atoms with Crippen LogP contribution < -0.4 is 4.90 Å². The third-order valence-electron chi connectivity index (χ3n) is 3.73. The Balaban J connectivity index is 2.02.